The third kappa shape index (κ3) is 2.98. The fourth-order valence-corrected chi connectivity index (χ4v) is 3.41. The molecule has 7 heteroatoms. The van der Waals surface area contributed by atoms with Crippen LogP contribution in [0.15, 0.2) is 6.07 Å². The molecule has 0 radical (unpaired) electrons. The van der Waals surface area contributed by atoms with Gasteiger partial charge in [-0.15, -0.1) is 0 Å². The number of nitrogens with zero attached hydrogens (tertiary/aromatic N) is 3. The zero-order chi connectivity index (χ0) is 17.4. The molecule has 1 aliphatic rings. The number of fused-ring (bicyclic) bond motifs is 1. The van der Waals surface area contributed by atoms with Crippen molar-refractivity contribution in [3.8, 4) is 0 Å². The van der Waals surface area contributed by atoms with Gasteiger partial charge in [-0.1, -0.05) is 0 Å². The maximum atomic E-state index is 12.6. The molecule has 2 N–H and O–H groups in total. The summed E-state index contributed by atoms with van der Waals surface area (Å²) in [5.74, 6) is -1.17. The molecule has 0 unspecified atom stereocenters. The lowest BCUT2D eigenvalue weighted by atomic mass is 9.86. The summed E-state index contributed by atoms with van der Waals surface area (Å²) >= 11 is 0. The first-order chi connectivity index (χ1) is 11.4. The van der Waals surface area contributed by atoms with Crippen molar-refractivity contribution in [1.82, 2.24) is 20.1 Å². The summed E-state index contributed by atoms with van der Waals surface area (Å²) in [6, 6.07) is 1.87. The normalized spacial score (nSPS) is 21.0. The van der Waals surface area contributed by atoms with Gasteiger partial charge in [0.2, 0.25) is 0 Å². The minimum absolute atomic E-state index is 0.0261. The van der Waals surface area contributed by atoms with E-state index in [1.165, 1.54) is 0 Å². The van der Waals surface area contributed by atoms with Crippen LogP contribution >= 0.6 is 0 Å². The molecule has 1 fully saturated rings. The molecule has 3 rings (SSSR count). The third-order valence-electron chi connectivity index (χ3n) is 4.85. The van der Waals surface area contributed by atoms with Crippen LogP contribution in [-0.2, 0) is 11.8 Å². The van der Waals surface area contributed by atoms with Crippen LogP contribution in [0.25, 0.3) is 11.0 Å². The highest BCUT2D eigenvalue weighted by molar-refractivity contribution is 5.98. The molecule has 2 aromatic heterocycles. The summed E-state index contributed by atoms with van der Waals surface area (Å²) in [6.45, 7) is 3.71. The van der Waals surface area contributed by atoms with Gasteiger partial charge in [-0.05, 0) is 45.6 Å². The quantitative estimate of drug-likeness (QED) is 0.896. The van der Waals surface area contributed by atoms with Crippen molar-refractivity contribution >= 4 is 22.9 Å². The van der Waals surface area contributed by atoms with Gasteiger partial charge in [-0.3, -0.25) is 14.3 Å². The van der Waals surface area contributed by atoms with Crippen molar-refractivity contribution < 1.29 is 14.7 Å². The number of aromatic nitrogens is 3. The lowest BCUT2D eigenvalue weighted by Crippen LogP contribution is -2.39. The molecule has 2 heterocycles. The highest BCUT2D eigenvalue weighted by Crippen LogP contribution is 2.25. The van der Waals surface area contributed by atoms with E-state index in [2.05, 4.69) is 15.4 Å². The third-order valence-corrected chi connectivity index (χ3v) is 4.85. The smallest absolute Gasteiger partial charge is 0.306 e. The number of rotatable bonds is 3. The predicted octanol–water partition coefficient (Wildman–Crippen LogP) is 1.96. The SMILES string of the molecule is Cc1nc2c(cc1C(=O)NC1CCC(C(=O)O)CC1)c(C)nn2C. The second-order valence-corrected chi connectivity index (χ2v) is 6.56. The largest absolute Gasteiger partial charge is 0.481 e. The predicted molar refractivity (Wildman–Crippen MR) is 88.8 cm³/mol. The Morgan fingerprint density at radius 1 is 1.21 bits per heavy atom. The minimum atomic E-state index is -0.739. The van der Waals surface area contributed by atoms with E-state index in [1.807, 2.05) is 27.0 Å². The van der Waals surface area contributed by atoms with Gasteiger partial charge in [-0.25, -0.2) is 4.98 Å². The molecule has 0 spiro atoms. The van der Waals surface area contributed by atoms with Gasteiger partial charge in [0.15, 0.2) is 5.65 Å². The Morgan fingerprint density at radius 2 is 1.88 bits per heavy atom. The number of carboxylic acids is 1. The number of carbonyl (C=O) groups is 2. The summed E-state index contributed by atoms with van der Waals surface area (Å²) in [7, 11) is 1.84. The highest BCUT2D eigenvalue weighted by atomic mass is 16.4. The molecule has 1 amide bonds. The van der Waals surface area contributed by atoms with Gasteiger partial charge in [0.25, 0.3) is 5.91 Å². The van der Waals surface area contributed by atoms with E-state index in [0.29, 0.717) is 36.9 Å². The van der Waals surface area contributed by atoms with Crippen LogP contribution in [0.5, 0.6) is 0 Å². The van der Waals surface area contributed by atoms with E-state index < -0.39 is 5.97 Å². The van der Waals surface area contributed by atoms with Crippen molar-refractivity contribution in [2.75, 3.05) is 0 Å². The number of hydrogen-bond acceptors (Lipinski definition) is 4. The molecular weight excluding hydrogens is 308 g/mol. The van der Waals surface area contributed by atoms with Crippen molar-refractivity contribution in [3.05, 3.63) is 23.0 Å². The number of carboxylic acid groups (broad SMARTS) is 1. The Balaban J connectivity index is 1.76. The highest BCUT2D eigenvalue weighted by Gasteiger charge is 2.27. The number of aliphatic carboxylic acids is 1. The summed E-state index contributed by atoms with van der Waals surface area (Å²) in [4.78, 5) is 28.1. The Hall–Kier alpha value is -2.44. The molecule has 1 aliphatic carbocycles. The first-order valence-corrected chi connectivity index (χ1v) is 8.21. The fraction of sp³-hybridized carbons (Fsp3) is 0.529. The first-order valence-electron chi connectivity index (χ1n) is 8.21. The second-order valence-electron chi connectivity index (χ2n) is 6.56. The van der Waals surface area contributed by atoms with E-state index in [4.69, 9.17) is 5.11 Å². The van der Waals surface area contributed by atoms with Crippen LogP contribution < -0.4 is 5.32 Å². The van der Waals surface area contributed by atoms with Gasteiger partial charge in [0.05, 0.1) is 22.9 Å². The first kappa shape index (κ1) is 16.4. The van der Waals surface area contributed by atoms with Crippen molar-refractivity contribution in [1.29, 1.82) is 0 Å². The van der Waals surface area contributed by atoms with E-state index >= 15 is 0 Å². The average Bonchev–Trinajstić information content (AvgIpc) is 2.81. The van der Waals surface area contributed by atoms with Crippen LogP contribution in [0.3, 0.4) is 0 Å². The van der Waals surface area contributed by atoms with E-state index in [9.17, 15) is 9.59 Å². The van der Waals surface area contributed by atoms with E-state index in [1.54, 1.807) is 4.68 Å². The molecule has 0 saturated heterocycles. The van der Waals surface area contributed by atoms with Gasteiger partial charge >= 0.3 is 5.97 Å². The molecule has 0 aromatic carbocycles. The zero-order valence-electron chi connectivity index (χ0n) is 14.2. The number of nitrogens with one attached hydrogen (secondary N) is 1. The lowest BCUT2D eigenvalue weighted by Gasteiger charge is -2.27. The molecule has 2 aromatic rings. The Labute approximate surface area is 140 Å². The molecule has 1 saturated carbocycles. The zero-order valence-corrected chi connectivity index (χ0v) is 14.2. The van der Waals surface area contributed by atoms with E-state index in [-0.39, 0.29) is 17.9 Å². The standard InChI is InChI=1S/C17H22N4O3/c1-9-14(8-13-10(2)20-21(3)15(13)18-9)16(22)19-12-6-4-11(5-7-12)17(23)24/h8,11-12H,4-7H2,1-3H3,(H,19,22)(H,23,24). The van der Waals surface area contributed by atoms with Crippen LogP contribution in [0.4, 0.5) is 0 Å². The number of hydrogen-bond donors (Lipinski definition) is 2. The molecule has 7 nitrogen and oxygen atoms in total. The lowest BCUT2D eigenvalue weighted by molar-refractivity contribution is -0.142. The summed E-state index contributed by atoms with van der Waals surface area (Å²) in [5, 5.41) is 17.3. The van der Waals surface area contributed by atoms with Crippen molar-refractivity contribution in [2.45, 2.75) is 45.6 Å². The van der Waals surface area contributed by atoms with Crippen LogP contribution in [-0.4, -0.2) is 37.8 Å². The van der Waals surface area contributed by atoms with Gasteiger partial charge in [0, 0.05) is 18.5 Å². The number of carbonyl (C=O) groups excluding carboxylic acids is 1. The number of aryl methyl sites for hydroxylation is 3. The summed E-state index contributed by atoms with van der Waals surface area (Å²) in [6.07, 6.45) is 2.61. The minimum Gasteiger partial charge on any atom is -0.481 e. The average molecular weight is 330 g/mol. The second kappa shape index (κ2) is 6.22. The van der Waals surface area contributed by atoms with Crippen LogP contribution in [0, 0.1) is 19.8 Å². The molecular formula is C17H22N4O3. The molecule has 0 bridgehead atoms. The molecule has 0 aliphatic heterocycles. The fourth-order valence-electron chi connectivity index (χ4n) is 3.41. The van der Waals surface area contributed by atoms with E-state index in [0.717, 1.165) is 16.7 Å². The summed E-state index contributed by atoms with van der Waals surface area (Å²) in [5.41, 5.74) is 2.83. The Kier molecular flexibility index (Phi) is 4.26. The number of amides is 1. The van der Waals surface area contributed by atoms with Gasteiger partial charge < -0.3 is 10.4 Å². The Morgan fingerprint density at radius 3 is 2.50 bits per heavy atom. The Bertz CT molecular complexity index is 804. The molecule has 128 valence electrons. The molecule has 24 heavy (non-hydrogen) atoms. The van der Waals surface area contributed by atoms with Crippen molar-refractivity contribution in [2.24, 2.45) is 13.0 Å². The van der Waals surface area contributed by atoms with Crippen LogP contribution in [0.2, 0.25) is 0 Å². The maximum Gasteiger partial charge on any atom is 0.306 e. The summed E-state index contributed by atoms with van der Waals surface area (Å²) < 4.78 is 1.71. The van der Waals surface area contributed by atoms with Gasteiger partial charge in [0.1, 0.15) is 0 Å². The van der Waals surface area contributed by atoms with Crippen molar-refractivity contribution in [3.63, 3.8) is 0 Å². The molecule has 0 atom stereocenters. The van der Waals surface area contributed by atoms with Crippen LogP contribution in [0.1, 0.15) is 47.4 Å². The topological polar surface area (TPSA) is 97.1 Å². The van der Waals surface area contributed by atoms with Gasteiger partial charge in [-0.2, -0.15) is 5.10 Å². The monoisotopic (exact) mass is 330 g/mol. The number of pyridine rings is 1. The maximum absolute atomic E-state index is 12.6.